The molecule has 7 heteroatoms. The molecule has 0 spiro atoms. The number of nitrogens with zero attached hydrogens (tertiary/aromatic N) is 1. The van der Waals surface area contributed by atoms with Crippen molar-refractivity contribution in [2.75, 3.05) is 20.2 Å². The van der Waals surface area contributed by atoms with Crippen LogP contribution in [0.1, 0.15) is 24.9 Å². The normalized spacial score (nSPS) is 11.6. The van der Waals surface area contributed by atoms with Crippen molar-refractivity contribution in [2.45, 2.75) is 19.4 Å². The fraction of sp³-hybridized carbons (Fsp3) is 0.300. The maximum absolute atomic E-state index is 12.9. The predicted octanol–water partition coefficient (Wildman–Crippen LogP) is 3.58. The van der Waals surface area contributed by atoms with Crippen molar-refractivity contribution in [3.05, 3.63) is 64.9 Å². The Balaban J connectivity index is 1.89. The van der Waals surface area contributed by atoms with Crippen molar-refractivity contribution in [2.24, 2.45) is 0 Å². The lowest BCUT2D eigenvalue weighted by molar-refractivity contribution is -0.131. The van der Waals surface area contributed by atoms with Gasteiger partial charge in [0.1, 0.15) is 18.2 Å². The van der Waals surface area contributed by atoms with E-state index in [0.717, 1.165) is 5.56 Å². The summed E-state index contributed by atoms with van der Waals surface area (Å²) in [6.45, 7) is 2.05. The number of carbonyl (C=O) groups excluding carboxylic acids is 2. The van der Waals surface area contributed by atoms with E-state index in [1.54, 1.807) is 31.3 Å². The molecule has 0 unspecified atom stereocenters. The molecule has 2 aromatic rings. The molecule has 0 fully saturated rings. The van der Waals surface area contributed by atoms with Crippen molar-refractivity contribution >= 4 is 23.4 Å². The van der Waals surface area contributed by atoms with Gasteiger partial charge in [-0.1, -0.05) is 23.7 Å². The molecule has 144 valence electrons. The minimum absolute atomic E-state index is 0.119. The average Bonchev–Trinajstić information content (AvgIpc) is 2.63. The van der Waals surface area contributed by atoms with Gasteiger partial charge in [0.25, 0.3) is 0 Å². The van der Waals surface area contributed by atoms with Gasteiger partial charge >= 0.3 is 0 Å². The largest absolute Gasteiger partial charge is 0.492 e. The minimum Gasteiger partial charge on any atom is -0.492 e. The lowest BCUT2D eigenvalue weighted by atomic mass is 10.0. The van der Waals surface area contributed by atoms with Gasteiger partial charge in [0.2, 0.25) is 11.8 Å². The van der Waals surface area contributed by atoms with Gasteiger partial charge in [-0.2, -0.15) is 0 Å². The van der Waals surface area contributed by atoms with E-state index >= 15 is 0 Å². The monoisotopic (exact) mass is 392 g/mol. The number of hydrogen-bond acceptors (Lipinski definition) is 3. The molecule has 0 radical (unpaired) electrons. The summed E-state index contributed by atoms with van der Waals surface area (Å²) in [4.78, 5) is 25.5. The number of ether oxygens (including phenoxy) is 1. The molecule has 0 aromatic heterocycles. The molecular weight excluding hydrogens is 371 g/mol. The number of halogens is 2. The van der Waals surface area contributed by atoms with Gasteiger partial charge in [0.05, 0.1) is 19.0 Å². The summed E-state index contributed by atoms with van der Waals surface area (Å²) in [5.74, 6) is -0.146. The van der Waals surface area contributed by atoms with Crippen LogP contribution in [0.2, 0.25) is 5.02 Å². The van der Waals surface area contributed by atoms with E-state index in [1.807, 2.05) is 0 Å². The van der Waals surface area contributed by atoms with Gasteiger partial charge in [0.15, 0.2) is 0 Å². The first kappa shape index (κ1) is 20.7. The molecule has 2 aromatic carbocycles. The van der Waals surface area contributed by atoms with Crippen LogP contribution in [0, 0.1) is 5.82 Å². The highest BCUT2D eigenvalue weighted by Gasteiger charge is 2.19. The fourth-order valence-corrected chi connectivity index (χ4v) is 2.61. The zero-order valence-electron chi connectivity index (χ0n) is 15.2. The summed E-state index contributed by atoms with van der Waals surface area (Å²) in [5.41, 5.74) is 0.805. The summed E-state index contributed by atoms with van der Waals surface area (Å²) in [7, 11) is 1.67. The first-order chi connectivity index (χ1) is 12.8. The molecule has 0 saturated carbocycles. The van der Waals surface area contributed by atoms with Gasteiger partial charge in [-0.3, -0.25) is 9.59 Å². The van der Waals surface area contributed by atoms with Crippen LogP contribution in [0.15, 0.2) is 48.5 Å². The molecule has 0 aliphatic rings. The highest BCUT2D eigenvalue weighted by molar-refractivity contribution is 6.30. The van der Waals surface area contributed by atoms with Crippen LogP contribution in [0.5, 0.6) is 5.75 Å². The topological polar surface area (TPSA) is 58.6 Å². The molecule has 0 aliphatic heterocycles. The SMILES string of the molecule is CC(=O)N[C@H](CC(=O)N(C)CCOc1ccc(F)cc1)c1ccc(Cl)cc1. The first-order valence-electron chi connectivity index (χ1n) is 8.50. The van der Waals surface area contributed by atoms with E-state index in [4.69, 9.17) is 16.3 Å². The number of benzene rings is 2. The molecule has 2 rings (SSSR count). The molecule has 0 saturated heterocycles. The van der Waals surface area contributed by atoms with Crippen LogP contribution in [0.3, 0.4) is 0 Å². The van der Waals surface area contributed by atoms with Crippen molar-refractivity contribution in [1.82, 2.24) is 10.2 Å². The van der Waals surface area contributed by atoms with Crippen molar-refractivity contribution < 1.29 is 18.7 Å². The molecule has 1 N–H and O–H groups in total. The van der Waals surface area contributed by atoms with Gasteiger partial charge in [-0.15, -0.1) is 0 Å². The molecule has 5 nitrogen and oxygen atoms in total. The van der Waals surface area contributed by atoms with Gasteiger partial charge < -0.3 is 15.0 Å². The summed E-state index contributed by atoms with van der Waals surface area (Å²) in [5, 5.41) is 3.38. The predicted molar refractivity (Wildman–Crippen MR) is 102 cm³/mol. The second-order valence-electron chi connectivity index (χ2n) is 6.13. The van der Waals surface area contributed by atoms with Crippen LogP contribution in [0.25, 0.3) is 0 Å². The third-order valence-corrected chi connectivity index (χ3v) is 4.22. The standard InChI is InChI=1S/C20H22ClFN2O3/c1-14(25)23-19(15-3-5-16(21)6-4-15)13-20(26)24(2)11-12-27-18-9-7-17(22)8-10-18/h3-10,19H,11-13H2,1-2H3,(H,23,25)/t19-/m1/s1. The van der Waals surface area contributed by atoms with Crippen LogP contribution in [-0.4, -0.2) is 36.9 Å². The van der Waals surface area contributed by atoms with Crippen LogP contribution in [0.4, 0.5) is 4.39 Å². The lowest BCUT2D eigenvalue weighted by Gasteiger charge is -2.22. The summed E-state index contributed by atoms with van der Waals surface area (Å²) in [6.07, 6.45) is 0.119. The molecule has 0 aliphatic carbocycles. The van der Waals surface area contributed by atoms with Crippen LogP contribution in [-0.2, 0) is 9.59 Å². The number of likely N-dealkylation sites (N-methyl/N-ethyl adjacent to an activating group) is 1. The minimum atomic E-state index is -0.437. The maximum atomic E-state index is 12.9. The third-order valence-electron chi connectivity index (χ3n) is 3.96. The summed E-state index contributed by atoms with van der Waals surface area (Å²) < 4.78 is 18.4. The smallest absolute Gasteiger partial charge is 0.224 e. The highest BCUT2D eigenvalue weighted by Crippen LogP contribution is 2.20. The zero-order chi connectivity index (χ0) is 19.8. The maximum Gasteiger partial charge on any atom is 0.224 e. The Bertz CT molecular complexity index is 766. The number of amides is 2. The van der Waals surface area contributed by atoms with E-state index in [2.05, 4.69) is 5.32 Å². The quantitative estimate of drug-likeness (QED) is 0.747. The Hall–Kier alpha value is -2.60. The highest BCUT2D eigenvalue weighted by atomic mass is 35.5. The second-order valence-corrected chi connectivity index (χ2v) is 6.56. The number of hydrogen-bond donors (Lipinski definition) is 1. The zero-order valence-corrected chi connectivity index (χ0v) is 16.0. The Morgan fingerprint density at radius 2 is 1.78 bits per heavy atom. The molecule has 27 heavy (non-hydrogen) atoms. The van der Waals surface area contributed by atoms with E-state index in [9.17, 15) is 14.0 Å². The van der Waals surface area contributed by atoms with Gasteiger partial charge in [-0.05, 0) is 42.0 Å². The molecule has 0 bridgehead atoms. The Labute approximate surface area is 163 Å². The average molecular weight is 393 g/mol. The Morgan fingerprint density at radius 3 is 2.37 bits per heavy atom. The van der Waals surface area contributed by atoms with Crippen molar-refractivity contribution in [1.29, 1.82) is 0 Å². The molecule has 1 atom stereocenters. The lowest BCUT2D eigenvalue weighted by Crippen LogP contribution is -2.35. The summed E-state index contributed by atoms with van der Waals surface area (Å²) >= 11 is 5.90. The van der Waals surface area contributed by atoms with Crippen molar-refractivity contribution in [3.63, 3.8) is 0 Å². The molecule has 2 amide bonds. The second kappa shape index (κ2) is 9.92. The number of nitrogens with one attached hydrogen (secondary N) is 1. The Morgan fingerprint density at radius 1 is 1.15 bits per heavy atom. The van der Waals surface area contributed by atoms with E-state index in [1.165, 1.54) is 36.1 Å². The number of carbonyl (C=O) groups is 2. The van der Waals surface area contributed by atoms with Gasteiger partial charge in [-0.25, -0.2) is 4.39 Å². The van der Waals surface area contributed by atoms with Crippen LogP contribution >= 0.6 is 11.6 Å². The van der Waals surface area contributed by atoms with Crippen LogP contribution < -0.4 is 10.1 Å². The molecular formula is C20H22ClFN2O3. The van der Waals surface area contributed by atoms with E-state index in [-0.39, 0.29) is 30.7 Å². The first-order valence-corrected chi connectivity index (χ1v) is 8.88. The summed E-state index contributed by atoms with van der Waals surface area (Å²) in [6, 6.07) is 12.3. The van der Waals surface area contributed by atoms with E-state index in [0.29, 0.717) is 17.3 Å². The van der Waals surface area contributed by atoms with Gasteiger partial charge in [0, 0.05) is 19.0 Å². The Kier molecular flexibility index (Phi) is 7.61. The molecule has 0 heterocycles. The van der Waals surface area contributed by atoms with E-state index < -0.39 is 6.04 Å². The fourth-order valence-electron chi connectivity index (χ4n) is 2.48. The number of rotatable bonds is 8. The van der Waals surface area contributed by atoms with Crippen molar-refractivity contribution in [3.8, 4) is 5.75 Å². The third kappa shape index (κ3) is 6.90.